The van der Waals surface area contributed by atoms with Crippen LogP contribution in [0.5, 0.6) is 11.5 Å². The number of carbonyl (C=O) groups is 1. The molecule has 0 saturated heterocycles. The first-order chi connectivity index (χ1) is 16.7. The molecule has 0 radical (unpaired) electrons. The van der Waals surface area contributed by atoms with Crippen LogP contribution in [-0.4, -0.2) is 30.6 Å². The maximum absolute atomic E-state index is 13.8. The summed E-state index contributed by atoms with van der Waals surface area (Å²) in [7, 11) is 0. The molecular formula is C28H22FNO3S. The van der Waals surface area contributed by atoms with E-state index in [1.807, 2.05) is 47.4 Å². The van der Waals surface area contributed by atoms with Crippen LogP contribution < -0.4 is 9.47 Å². The lowest BCUT2D eigenvalue weighted by molar-refractivity contribution is 0.0699. The van der Waals surface area contributed by atoms with Crippen LogP contribution in [0.3, 0.4) is 0 Å². The Morgan fingerprint density at radius 2 is 1.71 bits per heavy atom. The van der Waals surface area contributed by atoms with Gasteiger partial charge in [0.1, 0.15) is 19.0 Å². The fourth-order valence-corrected chi connectivity index (χ4v) is 5.69. The number of halogens is 1. The molecule has 3 aromatic carbocycles. The molecule has 2 aliphatic rings. The van der Waals surface area contributed by atoms with E-state index in [4.69, 9.17) is 9.47 Å². The van der Waals surface area contributed by atoms with Crippen LogP contribution in [0.4, 0.5) is 4.39 Å². The minimum atomic E-state index is -0.284. The van der Waals surface area contributed by atoms with Gasteiger partial charge in [0.25, 0.3) is 5.91 Å². The molecule has 1 unspecified atom stereocenters. The van der Waals surface area contributed by atoms with Gasteiger partial charge in [-0.1, -0.05) is 36.4 Å². The van der Waals surface area contributed by atoms with Crippen LogP contribution in [0.15, 0.2) is 78.9 Å². The first-order valence-corrected chi connectivity index (χ1v) is 12.1. The normalized spacial score (nSPS) is 16.7. The van der Waals surface area contributed by atoms with Crippen molar-refractivity contribution >= 4 is 17.2 Å². The van der Waals surface area contributed by atoms with Crippen LogP contribution >= 0.6 is 11.3 Å². The first kappa shape index (κ1) is 20.9. The van der Waals surface area contributed by atoms with Gasteiger partial charge in [-0.15, -0.1) is 11.3 Å². The molecule has 6 heteroatoms. The molecule has 0 N–H and O–H groups in total. The average molecular weight is 472 g/mol. The molecule has 0 spiro atoms. The Kier molecular flexibility index (Phi) is 5.30. The SMILES string of the molecule is O=C(c1ccc(-c2ccc3c(c2)OCCO3)s1)N1CCc2ccccc2C1c1ccc(F)cc1. The molecule has 2 aliphatic heterocycles. The predicted octanol–water partition coefficient (Wildman–Crippen LogP) is 6.11. The number of hydrogen-bond donors (Lipinski definition) is 0. The largest absolute Gasteiger partial charge is 0.486 e. The van der Waals surface area contributed by atoms with E-state index in [1.54, 1.807) is 12.1 Å². The highest BCUT2D eigenvalue weighted by Crippen LogP contribution is 2.39. The summed E-state index contributed by atoms with van der Waals surface area (Å²) in [6, 6.07) is 24.2. The van der Waals surface area contributed by atoms with Gasteiger partial charge in [0.05, 0.1) is 10.9 Å². The number of hydrogen-bond acceptors (Lipinski definition) is 4. The number of thiophene rings is 1. The minimum Gasteiger partial charge on any atom is -0.486 e. The average Bonchev–Trinajstić information content (AvgIpc) is 3.38. The lowest BCUT2D eigenvalue weighted by Crippen LogP contribution is -2.40. The van der Waals surface area contributed by atoms with Crippen molar-refractivity contribution in [2.24, 2.45) is 0 Å². The quantitative estimate of drug-likeness (QED) is 0.362. The topological polar surface area (TPSA) is 38.8 Å². The summed E-state index contributed by atoms with van der Waals surface area (Å²) in [5.74, 6) is 1.18. The Balaban J connectivity index is 1.34. The lowest BCUT2D eigenvalue weighted by Gasteiger charge is -2.37. The molecule has 0 saturated carbocycles. The zero-order chi connectivity index (χ0) is 23.1. The van der Waals surface area contributed by atoms with Crippen molar-refractivity contribution in [1.29, 1.82) is 0 Å². The van der Waals surface area contributed by atoms with Crippen molar-refractivity contribution in [2.75, 3.05) is 19.8 Å². The summed E-state index contributed by atoms with van der Waals surface area (Å²) < 4.78 is 25.0. The fraction of sp³-hybridized carbons (Fsp3) is 0.179. The summed E-state index contributed by atoms with van der Waals surface area (Å²) in [5.41, 5.74) is 4.22. The molecule has 0 aliphatic carbocycles. The van der Waals surface area contributed by atoms with E-state index in [0.29, 0.717) is 24.6 Å². The number of ether oxygens (including phenoxy) is 2. The molecule has 4 aromatic rings. The maximum atomic E-state index is 13.8. The molecule has 170 valence electrons. The van der Waals surface area contributed by atoms with Crippen molar-refractivity contribution < 1.29 is 18.7 Å². The van der Waals surface area contributed by atoms with E-state index >= 15 is 0 Å². The third-order valence-electron chi connectivity index (χ3n) is 6.37. The van der Waals surface area contributed by atoms with Crippen LogP contribution in [-0.2, 0) is 6.42 Å². The molecule has 1 atom stereocenters. The summed E-state index contributed by atoms with van der Waals surface area (Å²) in [6.45, 7) is 1.69. The molecule has 4 nitrogen and oxygen atoms in total. The van der Waals surface area contributed by atoms with Crippen molar-refractivity contribution in [1.82, 2.24) is 4.90 Å². The monoisotopic (exact) mass is 471 g/mol. The van der Waals surface area contributed by atoms with E-state index in [-0.39, 0.29) is 17.8 Å². The number of nitrogens with zero attached hydrogens (tertiary/aromatic N) is 1. The number of rotatable bonds is 3. The van der Waals surface area contributed by atoms with E-state index in [1.165, 1.54) is 29.0 Å². The smallest absolute Gasteiger partial charge is 0.264 e. The first-order valence-electron chi connectivity index (χ1n) is 11.3. The van der Waals surface area contributed by atoms with Gasteiger partial charge < -0.3 is 14.4 Å². The highest BCUT2D eigenvalue weighted by molar-refractivity contribution is 7.17. The van der Waals surface area contributed by atoms with E-state index in [2.05, 4.69) is 12.1 Å². The molecule has 1 aromatic heterocycles. The van der Waals surface area contributed by atoms with Gasteiger partial charge >= 0.3 is 0 Å². The second-order valence-corrected chi connectivity index (χ2v) is 9.51. The Morgan fingerprint density at radius 1 is 0.912 bits per heavy atom. The standard InChI is InChI=1S/C28H22FNO3S/c29-21-8-5-19(6-9-21)27-22-4-2-1-3-18(22)13-14-30(27)28(31)26-12-11-25(34-26)20-7-10-23-24(17-20)33-16-15-32-23/h1-12,17,27H,13-16H2. The maximum Gasteiger partial charge on any atom is 0.264 e. The van der Waals surface area contributed by atoms with Gasteiger partial charge in [0.2, 0.25) is 0 Å². The van der Waals surface area contributed by atoms with Gasteiger partial charge in [-0.2, -0.15) is 0 Å². The Morgan fingerprint density at radius 3 is 2.56 bits per heavy atom. The van der Waals surface area contributed by atoms with Crippen LogP contribution in [0.2, 0.25) is 0 Å². The molecular weight excluding hydrogens is 449 g/mol. The van der Waals surface area contributed by atoms with Crippen LogP contribution in [0, 0.1) is 5.82 Å². The van der Waals surface area contributed by atoms with Crippen LogP contribution in [0.25, 0.3) is 10.4 Å². The zero-order valence-electron chi connectivity index (χ0n) is 18.4. The van der Waals surface area contributed by atoms with Gasteiger partial charge in [-0.3, -0.25) is 4.79 Å². The lowest BCUT2D eigenvalue weighted by atomic mass is 9.88. The Labute approximate surface area is 201 Å². The van der Waals surface area contributed by atoms with E-state index in [0.717, 1.165) is 39.5 Å². The second kappa shape index (κ2) is 8.61. The predicted molar refractivity (Wildman–Crippen MR) is 130 cm³/mol. The van der Waals surface area contributed by atoms with Crippen molar-refractivity contribution in [3.05, 3.63) is 106 Å². The highest BCUT2D eigenvalue weighted by atomic mass is 32.1. The van der Waals surface area contributed by atoms with Gasteiger partial charge in [-0.05, 0) is 71.1 Å². The summed E-state index contributed by atoms with van der Waals surface area (Å²) >= 11 is 1.47. The fourth-order valence-electron chi connectivity index (χ4n) is 4.74. The molecule has 34 heavy (non-hydrogen) atoms. The molecule has 1 amide bonds. The third kappa shape index (κ3) is 3.74. The third-order valence-corrected chi connectivity index (χ3v) is 7.50. The molecule has 6 rings (SSSR count). The van der Waals surface area contributed by atoms with Crippen molar-refractivity contribution in [3.8, 4) is 21.9 Å². The number of benzene rings is 3. The van der Waals surface area contributed by atoms with Crippen molar-refractivity contribution in [2.45, 2.75) is 12.5 Å². The van der Waals surface area contributed by atoms with E-state index < -0.39 is 0 Å². The van der Waals surface area contributed by atoms with Gasteiger partial charge in [-0.25, -0.2) is 4.39 Å². The van der Waals surface area contributed by atoms with Crippen LogP contribution in [0.1, 0.15) is 32.4 Å². The Hall–Kier alpha value is -3.64. The van der Waals surface area contributed by atoms with Gasteiger partial charge in [0, 0.05) is 11.4 Å². The summed E-state index contributed by atoms with van der Waals surface area (Å²) in [4.78, 5) is 17.3. The second-order valence-electron chi connectivity index (χ2n) is 8.42. The number of carbonyl (C=O) groups excluding carboxylic acids is 1. The molecule has 0 fully saturated rings. The van der Waals surface area contributed by atoms with Gasteiger partial charge in [0.15, 0.2) is 11.5 Å². The Bertz CT molecular complexity index is 1360. The summed E-state index contributed by atoms with van der Waals surface area (Å²) in [6.07, 6.45) is 0.792. The van der Waals surface area contributed by atoms with Crippen molar-refractivity contribution in [3.63, 3.8) is 0 Å². The molecule has 3 heterocycles. The highest BCUT2D eigenvalue weighted by Gasteiger charge is 2.33. The minimum absolute atomic E-state index is 0.0161. The molecule has 0 bridgehead atoms. The number of fused-ring (bicyclic) bond motifs is 2. The zero-order valence-corrected chi connectivity index (χ0v) is 19.2. The number of amides is 1. The summed E-state index contributed by atoms with van der Waals surface area (Å²) in [5, 5.41) is 0. The van der Waals surface area contributed by atoms with E-state index in [9.17, 15) is 9.18 Å².